The minimum absolute atomic E-state index is 0.0154. The van der Waals surface area contributed by atoms with Crippen LogP contribution >= 0.6 is 0 Å². The van der Waals surface area contributed by atoms with Crippen LogP contribution in [0.25, 0.3) is 0 Å². The Kier molecular flexibility index (Phi) is 6.22. The van der Waals surface area contributed by atoms with E-state index >= 15 is 0 Å². The summed E-state index contributed by atoms with van der Waals surface area (Å²) in [4.78, 5) is 11.4. The van der Waals surface area contributed by atoms with E-state index in [9.17, 15) is 0 Å². The van der Waals surface area contributed by atoms with Crippen molar-refractivity contribution in [2.75, 3.05) is 20.1 Å². The van der Waals surface area contributed by atoms with Crippen LogP contribution in [-0.4, -0.2) is 48.1 Å². The molecule has 0 atom stereocenters. The Morgan fingerprint density at radius 1 is 1.23 bits per heavy atom. The molecule has 1 saturated heterocycles. The molecule has 0 aromatic carbocycles. The normalized spacial score (nSPS) is 21.3. The number of piperidine rings is 1. The van der Waals surface area contributed by atoms with E-state index in [4.69, 9.17) is 4.42 Å². The molecule has 0 spiro atoms. The molecule has 0 radical (unpaired) electrons. The second-order valence-corrected chi connectivity index (χ2v) is 8.69. The van der Waals surface area contributed by atoms with Gasteiger partial charge in [-0.15, -0.1) is 0 Å². The number of hydrogen-bond donors (Lipinski definition) is 2. The molecule has 1 saturated carbocycles. The molecule has 146 valence electrons. The van der Waals surface area contributed by atoms with Crippen molar-refractivity contribution in [1.82, 2.24) is 20.5 Å². The average Bonchev–Trinajstić information content (AvgIpc) is 3.30. The highest BCUT2D eigenvalue weighted by molar-refractivity contribution is 5.79. The zero-order valence-electron chi connectivity index (χ0n) is 16.8. The summed E-state index contributed by atoms with van der Waals surface area (Å²) >= 11 is 0. The topological polar surface area (TPSA) is 65.7 Å². The summed E-state index contributed by atoms with van der Waals surface area (Å²) in [6.45, 7) is 9.34. The van der Waals surface area contributed by atoms with E-state index in [1.807, 2.05) is 13.2 Å². The van der Waals surface area contributed by atoms with Crippen molar-refractivity contribution in [3.8, 4) is 0 Å². The third-order valence-electron chi connectivity index (χ3n) is 5.63. The van der Waals surface area contributed by atoms with E-state index in [1.54, 1.807) is 0 Å². The lowest BCUT2D eigenvalue weighted by Crippen LogP contribution is -2.50. The first kappa shape index (κ1) is 19.2. The Morgan fingerprint density at radius 2 is 1.92 bits per heavy atom. The van der Waals surface area contributed by atoms with Crippen molar-refractivity contribution in [2.24, 2.45) is 4.99 Å². The van der Waals surface area contributed by atoms with Crippen LogP contribution in [0.1, 0.15) is 70.9 Å². The predicted molar refractivity (Wildman–Crippen MR) is 105 cm³/mol. The molecule has 1 aromatic heterocycles. The number of guanidine groups is 1. The molecule has 1 aromatic rings. The average molecular weight is 362 g/mol. The first-order valence-electron chi connectivity index (χ1n) is 10.1. The summed E-state index contributed by atoms with van der Waals surface area (Å²) in [6.07, 6.45) is 9.82. The highest BCUT2D eigenvalue weighted by atomic mass is 16.4. The minimum atomic E-state index is -0.0154. The fourth-order valence-electron chi connectivity index (χ4n) is 3.96. The van der Waals surface area contributed by atoms with E-state index < -0.39 is 0 Å². The molecule has 2 heterocycles. The smallest absolute Gasteiger partial charge is 0.213 e. The van der Waals surface area contributed by atoms with Gasteiger partial charge in [-0.1, -0.05) is 33.6 Å². The number of nitrogens with zero attached hydrogens (tertiary/aromatic N) is 3. The molecule has 2 N–H and O–H groups in total. The summed E-state index contributed by atoms with van der Waals surface area (Å²) < 4.78 is 5.84. The van der Waals surface area contributed by atoms with Gasteiger partial charge in [-0.25, -0.2) is 4.98 Å². The Labute approximate surface area is 157 Å². The van der Waals surface area contributed by atoms with Crippen molar-refractivity contribution in [2.45, 2.75) is 83.3 Å². The zero-order valence-corrected chi connectivity index (χ0v) is 16.8. The van der Waals surface area contributed by atoms with E-state index in [-0.39, 0.29) is 5.41 Å². The summed E-state index contributed by atoms with van der Waals surface area (Å²) in [7, 11) is 1.82. The minimum Gasteiger partial charge on any atom is -0.443 e. The van der Waals surface area contributed by atoms with Crippen molar-refractivity contribution < 1.29 is 4.42 Å². The SMILES string of the molecule is CN=C(NCc1ncc(C(C)(C)C)o1)NC1CCN(C2CCCC2)CC1. The van der Waals surface area contributed by atoms with Crippen LogP contribution in [-0.2, 0) is 12.0 Å². The molecule has 0 bridgehead atoms. The Balaban J connectivity index is 1.43. The van der Waals surface area contributed by atoms with Gasteiger partial charge in [0.25, 0.3) is 0 Å². The molecular weight excluding hydrogens is 326 g/mol. The summed E-state index contributed by atoms with van der Waals surface area (Å²) in [5.41, 5.74) is -0.0154. The second-order valence-electron chi connectivity index (χ2n) is 8.69. The third kappa shape index (κ3) is 5.00. The number of rotatable bonds is 4. The van der Waals surface area contributed by atoms with Gasteiger partial charge >= 0.3 is 0 Å². The molecule has 26 heavy (non-hydrogen) atoms. The molecule has 0 amide bonds. The molecular formula is C20H35N5O. The van der Waals surface area contributed by atoms with Crippen LogP contribution in [0.2, 0.25) is 0 Å². The fourth-order valence-corrected chi connectivity index (χ4v) is 3.96. The number of likely N-dealkylation sites (tertiary alicyclic amines) is 1. The number of hydrogen-bond acceptors (Lipinski definition) is 4. The van der Waals surface area contributed by atoms with Crippen molar-refractivity contribution in [1.29, 1.82) is 0 Å². The van der Waals surface area contributed by atoms with Crippen molar-refractivity contribution in [3.63, 3.8) is 0 Å². The van der Waals surface area contributed by atoms with Gasteiger partial charge in [0.2, 0.25) is 5.89 Å². The maximum Gasteiger partial charge on any atom is 0.213 e. The van der Waals surface area contributed by atoms with Gasteiger partial charge in [-0.05, 0) is 25.7 Å². The van der Waals surface area contributed by atoms with Crippen LogP contribution in [0.3, 0.4) is 0 Å². The molecule has 6 nitrogen and oxygen atoms in total. The number of oxazole rings is 1. The van der Waals surface area contributed by atoms with Crippen LogP contribution in [0, 0.1) is 0 Å². The first-order chi connectivity index (χ1) is 12.5. The van der Waals surface area contributed by atoms with Gasteiger partial charge in [0, 0.05) is 37.6 Å². The Morgan fingerprint density at radius 3 is 2.50 bits per heavy atom. The molecule has 3 rings (SSSR count). The lowest BCUT2D eigenvalue weighted by Gasteiger charge is -2.36. The number of aromatic nitrogens is 1. The van der Waals surface area contributed by atoms with E-state index in [0.717, 1.165) is 17.8 Å². The summed E-state index contributed by atoms with van der Waals surface area (Å²) in [5, 5.41) is 6.90. The highest BCUT2D eigenvalue weighted by Crippen LogP contribution is 2.26. The van der Waals surface area contributed by atoms with E-state index in [1.165, 1.54) is 51.6 Å². The van der Waals surface area contributed by atoms with Crippen molar-refractivity contribution >= 4 is 5.96 Å². The van der Waals surface area contributed by atoms with Crippen LogP contribution in [0.15, 0.2) is 15.6 Å². The van der Waals surface area contributed by atoms with Gasteiger partial charge < -0.3 is 20.0 Å². The van der Waals surface area contributed by atoms with Crippen LogP contribution in [0.5, 0.6) is 0 Å². The Bertz CT molecular complexity index is 590. The lowest BCUT2D eigenvalue weighted by atomic mass is 9.94. The zero-order chi connectivity index (χ0) is 18.6. The largest absolute Gasteiger partial charge is 0.443 e. The number of nitrogens with one attached hydrogen (secondary N) is 2. The maximum absolute atomic E-state index is 5.84. The van der Waals surface area contributed by atoms with Gasteiger partial charge in [0.15, 0.2) is 5.96 Å². The standard InChI is InChI=1S/C20H35N5O/c1-20(2,3)17-13-22-18(26-17)14-23-19(21-4)24-15-9-11-25(12-10-15)16-7-5-6-8-16/h13,15-16H,5-12,14H2,1-4H3,(H2,21,23,24). The van der Waals surface area contributed by atoms with Gasteiger partial charge in [-0.3, -0.25) is 4.99 Å². The summed E-state index contributed by atoms with van der Waals surface area (Å²) in [5.74, 6) is 2.45. The quantitative estimate of drug-likeness (QED) is 0.637. The highest BCUT2D eigenvalue weighted by Gasteiger charge is 2.27. The first-order valence-corrected chi connectivity index (χ1v) is 10.1. The lowest BCUT2D eigenvalue weighted by molar-refractivity contribution is 0.150. The molecule has 6 heteroatoms. The monoisotopic (exact) mass is 361 g/mol. The Hall–Kier alpha value is -1.56. The van der Waals surface area contributed by atoms with Crippen LogP contribution < -0.4 is 10.6 Å². The van der Waals surface area contributed by atoms with E-state index in [2.05, 4.69) is 46.3 Å². The van der Waals surface area contributed by atoms with Gasteiger partial charge in [-0.2, -0.15) is 0 Å². The van der Waals surface area contributed by atoms with Crippen LogP contribution in [0.4, 0.5) is 0 Å². The fraction of sp³-hybridized carbons (Fsp3) is 0.800. The summed E-state index contributed by atoms with van der Waals surface area (Å²) in [6, 6.07) is 1.34. The molecule has 1 aliphatic carbocycles. The molecule has 2 aliphatic rings. The molecule has 1 aliphatic heterocycles. The number of aliphatic imine (C=N–C) groups is 1. The van der Waals surface area contributed by atoms with Gasteiger partial charge in [0.1, 0.15) is 5.76 Å². The second kappa shape index (κ2) is 8.42. The molecule has 0 unspecified atom stereocenters. The maximum atomic E-state index is 5.84. The predicted octanol–water partition coefficient (Wildman–Crippen LogP) is 3.04. The van der Waals surface area contributed by atoms with E-state index in [0.29, 0.717) is 18.5 Å². The third-order valence-corrected chi connectivity index (χ3v) is 5.63. The molecule has 2 fully saturated rings. The van der Waals surface area contributed by atoms with Gasteiger partial charge in [0.05, 0.1) is 12.7 Å². The van der Waals surface area contributed by atoms with Crippen molar-refractivity contribution in [3.05, 3.63) is 17.8 Å².